The van der Waals surface area contributed by atoms with E-state index < -0.39 is 11.6 Å². The monoisotopic (exact) mass is 437 g/mol. The van der Waals surface area contributed by atoms with Gasteiger partial charge in [0.25, 0.3) is 0 Å². The number of hydrogen-bond donors (Lipinski definition) is 2. The van der Waals surface area contributed by atoms with Gasteiger partial charge in [-0.3, -0.25) is 9.55 Å². The number of pyridine rings is 1. The summed E-state index contributed by atoms with van der Waals surface area (Å²) in [5.41, 5.74) is 7.99. The van der Waals surface area contributed by atoms with Crippen LogP contribution in [0.3, 0.4) is 0 Å². The predicted octanol–water partition coefficient (Wildman–Crippen LogP) is 3.21. The lowest BCUT2D eigenvalue weighted by molar-refractivity contribution is 0.0892. The fourth-order valence-electron chi connectivity index (χ4n) is 3.37. The molecular formula is C21H23N7O4. The van der Waals surface area contributed by atoms with Crippen LogP contribution in [0.5, 0.6) is 5.75 Å². The molecule has 11 nitrogen and oxygen atoms in total. The first-order chi connectivity index (χ1) is 15.3. The van der Waals surface area contributed by atoms with Crippen molar-refractivity contribution in [3.8, 4) is 23.0 Å². The molecule has 0 saturated heterocycles. The van der Waals surface area contributed by atoms with Crippen LogP contribution in [0, 0.1) is 0 Å². The van der Waals surface area contributed by atoms with Crippen molar-refractivity contribution in [2.24, 2.45) is 0 Å². The summed E-state index contributed by atoms with van der Waals surface area (Å²) in [6.07, 6.45) is 2.35. The summed E-state index contributed by atoms with van der Waals surface area (Å²) in [5.74, 6) is 1.22. The third-order valence-electron chi connectivity index (χ3n) is 4.90. The Morgan fingerprint density at radius 2 is 1.97 bits per heavy atom. The average Bonchev–Trinajstić information content (AvgIpc) is 3.33. The van der Waals surface area contributed by atoms with E-state index in [0.717, 1.165) is 11.2 Å². The van der Waals surface area contributed by atoms with Crippen LogP contribution in [-0.4, -0.2) is 59.6 Å². The second kappa shape index (κ2) is 8.17. The Bertz CT molecular complexity index is 1240. The Kier molecular flexibility index (Phi) is 5.39. The van der Waals surface area contributed by atoms with Crippen LogP contribution in [-0.2, 0) is 0 Å². The van der Waals surface area contributed by atoms with E-state index in [1.54, 1.807) is 24.5 Å². The average molecular weight is 437 g/mol. The third kappa shape index (κ3) is 4.04. The molecule has 3 N–H and O–H groups in total. The maximum atomic E-state index is 11.5. The second-order valence-corrected chi connectivity index (χ2v) is 8.08. The lowest BCUT2D eigenvalue weighted by atomic mass is 10.1. The van der Waals surface area contributed by atoms with Crippen molar-refractivity contribution in [1.82, 2.24) is 29.7 Å². The number of carboxylic acid groups (broad SMARTS) is 1. The van der Waals surface area contributed by atoms with Gasteiger partial charge in [-0.1, -0.05) is 0 Å². The standard InChI is InChI=1S/C21H23N7O4/c1-21(2,3)27(20(29)30)10-11-31-14-6-4-13(5-7-14)28-16-8-9-23-12-15(16)24-19(28)17-18(22)26-32-25-17/h4-9,12H,10-11H2,1-3H3,(H2,22,26)(H,29,30). The number of nitrogens with two attached hydrogens (primary N) is 1. The van der Waals surface area contributed by atoms with Crippen molar-refractivity contribution in [2.45, 2.75) is 26.3 Å². The molecule has 4 aromatic rings. The molecule has 11 heteroatoms. The van der Waals surface area contributed by atoms with Gasteiger partial charge in [-0.05, 0) is 61.4 Å². The summed E-state index contributed by atoms with van der Waals surface area (Å²) < 4.78 is 12.4. The zero-order valence-electron chi connectivity index (χ0n) is 17.9. The molecule has 166 valence electrons. The van der Waals surface area contributed by atoms with Crippen LogP contribution < -0.4 is 10.5 Å². The summed E-state index contributed by atoms with van der Waals surface area (Å²) in [7, 11) is 0. The number of fused-ring (bicyclic) bond motifs is 1. The molecule has 3 aromatic heterocycles. The third-order valence-corrected chi connectivity index (χ3v) is 4.90. The Morgan fingerprint density at radius 3 is 2.59 bits per heavy atom. The number of rotatable bonds is 6. The van der Waals surface area contributed by atoms with Crippen LogP contribution in [0.15, 0.2) is 47.4 Å². The molecule has 0 fully saturated rings. The number of nitrogens with zero attached hydrogens (tertiary/aromatic N) is 6. The van der Waals surface area contributed by atoms with E-state index in [-0.39, 0.29) is 19.0 Å². The van der Waals surface area contributed by atoms with Gasteiger partial charge in [-0.15, -0.1) is 0 Å². The van der Waals surface area contributed by atoms with Gasteiger partial charge in [0.15, 0.2) is 17.3 Å². The zero-order chi connectivity index (χ0) is 22.9. The SMILES string of the molecule is CC(C)(C)N(CCOc1ccc(-n2c(-c3nonc3N)nc3cnccc32)cc1)C(=O)O. The predicted molar refractivity (Wildman–Crippen MR) is 117 cm³/mol. The number of aromatic nitrogens is 5. The molecule has 4 rings (SSSR count). The van der Waals surface area contributed by atoms with Gasteiger partial charge in [-0.25, -0.2) is 14.4 Å². The number of anilines is 1. The quantitative estimate of drug-likeness (QED) is 0.464. The highest BCUT2D eigenvalue weighted by molar-refractivity contribution is 5.83. The first kappa shape index (κ1) is 21.1. The van der Waals surface area contributed by atoms with E-state index in [1.807, 2.05) is 43.5 Å². The van der Waals surface area contributed by atoms with Crippen molar-refractivity contribution in [1.29, 1.82) is 0 Å². The minimum atomic E-state index is -0.980. The van der Waals surface area contributed by atoms with Gasteiger partial charge in [0.2, 0.25) is 0 Å². The van der Waals surface area contributed by atoms with E-state index >= 15 is 0 Å². The van der Waals surface area contributed by atoms with E-state index in [0.29, 0.717) is 22.8 Å². The smallest absolute Gasteiger partial charge is 0.407 e. The number of benzene rings is 1. The summed E-state index contributed by atoms with van der Waals surface area (Å²) in [5, 5.41) is 16.9. The van der Waals surface area contributed by atoms with Crippen LogP contribution in [0.2, 0.25) is 0 Å². The highest BCUT2D eigenvalue weighted by atomic mass is 16.6. The minimum Gasteiger partial charge on any atom is -0.492 e. The van der Waals surface area contributed by atoms with E-state index in [1.165, 1.54) is 4.90 Å². The molecule has 32 heavy (non-hydrogen) atoms. The van der Waals surface area contributed by atoms with Crippen LogP contribution >= 0.6 is 0 Å². The number of amides is 1. The molecule has 1 aromatic carbocycles. The Hall–Kier alpha value is -4.15. The highest BCUT2D eigenvalue weighted by Crippen LogP contribution is 2.30. The molecule has 0 aliphatic rings. The van der Waals surface area contributed by atoms with Crippen molar-refractivity contribution in [3.05, 3.63) is 42.7 Å². The van der Waals surface area contributed by atoms with Crippen LogP contribution in [0.4, 0.5) is 10.6 Å². The van der Waals surface area contributed by atoms with Gasteiger partial charge in [-0.2, -0.15) is 0 Å². The summed E-state index contributed by atoms with van der Waals surface area (Å²) in [6.45, 7) is 6.01. The van der Waals surface area contributed by atoms with E-state index in [4.69, 9.17) is 15.1 Å². The van der Waals surface area contributed by atoms with E-state index in [9.17, 15) is 9.90 Å². The van der Waals surface area contributed by atoms with Crippen molar-refractivity contribution in [3.63, 3.8) is 0 Å². The molecular weight excluding hydrogens is 414 g/mol. The molecule has 0 spiro atoms. The largest absolute Gasteiger partial charge is 0.492 e. The number of ether oxygens (including phenoxy) is 1. The number of nitrogen functional groups attached to an aromatic ring is 1. The van der Waals surface area contributed by atoms with Crippen molar-refractivity contribution >= 4 is 22.9 Å². The number of hydrogen-bond acceptors (Lipinski definition) is 8. The van der Waals surface area contributed by atoms with E-state index in [2.05, 4.69) is 20.3 Å². The maximum absolute atomic E-state index is 11.5. The molecule has 3 heterocycles. The first-order valence-electron chi connectivity index (χ1n) is 9.90. The summed E-state index contributed by atoms with van der Waals surface area (Å²) >= 11 is 0. The Balaban J connectivity index is 1.59. The maximum Gasteiger partial charge on any atom is 0.407 e. The Labute approximate surface area is 183 Å². The fraction of sp³-hybridized carbons (Fsp3) is 0.286. The van der Waals surface area contributed by atoms with Crippen molar-refractivity contribution < 1.29 is 19.3 Å². The Morgan fingerprint density at radius 1 is 1.22 bits per heavy atom. The van der Waals surface area contributed by atoms with Gasteiger partial charge < -0.3 is 20.5 Å². The molecule has 1 amide bonds. The lowest BCUT2D eigenvalue weighted by Gasteiger charge is -2.32. The second-order valence-electron chi connectivity index (χ2n) is 8.08. The van der Waals surface area contributed by atoms with Gasteiger partial charge in [0.05, 0.1) is 18.3 Å². The lowest BCUT2D eigenvalue weighted by Crippen LogP contribution is -2.46. The molecule has 0 atom stereocenters. The first-order valence-corrected chi connectivity index (χ1v) is 9.90. The van der Waals surface area contributed by atoms with Crippen molar-refractivity contribution in [2.75, 3.05) is 18.9 Å². The molecule has 0 saturated carbocycles. The topological polar surface area (TPSA) is 145 Å². The normalized spacial score (nSPS) is 11.6. The minimum absolute atomic E-state index is 0.135. The van der Waals surface area contributed by atoms with Crippen LogP contribution in [0.1, 0.15) is 20.8 Å². The number of imidazole rings is 1. The summed E-state index contributed by atoms with van der Waals surface area (Å²) in [4.78, 5) is 21.5. The molecule has 0 radical (unpaired) electrons. The summed E-state index contributed by atoms with van der Waals surface area (Å²) in [6, 6.07) is 9.18. The highest BCUT2D eigenvalue weighted by Gasteiger charge is 2.25. The van der Waals surface area contributed by atoms with Gasteiger partial charge in [0.1, 0.15) is 17.9 Å². The molecule has 0 bridgehead atoms. The van der Waals surface area contributed by atoms with Gasteiger partial charge in [0, 0.05) is 17.4 Å². The van der Waals surface area contributed by atoms with Gasteiger partial charge >= 0.3 is 6.09 Å². The van der Waals surface area contributed by atoms with Crippen LogP contribution in [0.25, 0.3) is 28.2 Å². The fourth-order valence-corrected chi connectivity index (χ4v) is 3.37. The molecule has 0 unspecified atom stereocenters. The number of carbonyl (C=O) groups is 1. The molecule has 0 aliphatic carbocycles. The zero-order valence-corrected chi connectivity index (χ0v) is 17.9. The molecule has 0 aliphatic heterocycles.